The van der Waals surface area contributed by atoms with Gasteiger partial charge in [0.15, 0.2) is 10.9 Å². The Balaban J connectivity index is 1.63. The molecule has 0 unspecified atom stereocenters. The van der Waals surface area contributed by atoms with Gasteiger partial charge in [0.2, 0.25) is 0 Å². The van der Waals surface area contributed by atoms with E-state index in [4.69, 9.17) is 4.98 Å². The molecule has 5 nitrogen and oxygen atoms in total. The molecule has 1 amide bonds. The van der Waals surface area contributed by atoms with Crippen LogP contribution in [0.3, 0.4) is 0 Å². The van der Waals surface area contributed by atoms with Gasteiger partial charge in [0.05, 0.1) is 21.5 Å². The van der Waals surface area contributed by atoms with E-state index in [0.717, 1.165) is 34.9 Å². The summed E-state index contributed by atoms with van der Waals surface area (Å²) in [6.07, 6.45) is 0.681. The van der Waals surface area contributed by atoms with Gasteiger partial charge >= 0.3 is 0 Å². The van der Waals surface area contributed by atoms with Crippen LogP contribution in [0.5, 0.6) is 0 Å². The number of aromatic nitrogens is 2. The summed E-state index contributed by atoms with van der Waals surface area (Å²) in [4.78, 5) is 26.9. The lowest BCUT2D eigenvalue weighted by Gasteiger charge is -2.22. The van der Waals surface area contributed by atoms with Gasteiger partial charge in [0, 0.05) is 23.6 Å². The van der Waals surface area contributed by atoms with E-state index < -0.39 is 11.6 Å². The molecule has 0 saturated carbocycles. The molecule has 5 aromatic rings. The summed E-state index contributed by atoms with van der Waals surface area (Å²) in [5.74, 6) is -1.67. The highest BCUT2D eigenvalue weighted by Gasteiger charge is 2.25. The van der Waals surface area contributed by atoms with E-state index in [1.54, 1.807) is 11.0 Å². The van der Waals surface area contributed by atoms with Crippen molar-refractivity contribution >= 4 is 43.5 Å². The summed E-state index contributed by atoms with van der Waals surface area (Å²) in [7, 11) is 3.93. The number of hydrogen-bond acceptors (Lipinski definition) is 5. The van der Waals surface area contributed by atoms with Crippen molar-refractivity contribution in [3.63, 3.8) is 0 Å². The van der Waals surface area contributed by atoms with Crippen LogP contribution in [0.4, 0.5) is 13.9 Å². The summed E-state index contributed by atoms with van der Waals surface area (Å²) in [5, 5.41) is 1.05. The Morgan fingerprint density at radius 2 is 1.67 bits per heavy atom. The Bertz CT molecular complexity index is 1550. The second-order valence-corrected chi connectivity index (χ2v) is 9.79. The molecule has 182 valence electrons. The minimum Gasteiger partial charge on any atom is -0.309 e. The number of nitrogens with zero attached hydrogens (tertiary/aromatic N) is 4. The van der Waals surface area contributed by atoms with E-state index in [2.05, 4.69) is 4.98 Å². The van der Waals surface area contributed by atoms with Gasteiger partial charge in [-0.2, -0.15) is 0 Å². The van der Waals surface area contributed by atoms with Crippen molar-refractivity contribution in [2.45, 2.75) is 6.42 Å². The maximum absolute atomic E-state index is 14.4. The number of pyridine rings is 1. The van der Waals surface area contributed by atoms with Gasteiger partial charge in [0.1, 0.15) is 11.3 Å². The molecule has 8 heteroatoms. The Morgan fingerprint density at radius 1 is 0.917 bits per heavy atom. The average Bonchev–Trinajstić information content (AvgIpc) is 3.30. The van der Waals surface area contributed by atoms with Gasteiger partial charge in [-0.3, -0.25) is 9.69 Å². The summed E-state index contributed by atoms with van der Waals surface area (Å²) in [6.45, 7) is 1.13. The average molecular weight is 503 g/mol. The predicted octanol–water partition coefficient (Wildman–Crippen LogP) is 6.39. The van der Waals surface area contributed by atoms with Crippen LogP contribution >= 0.6 is 11.3 Å². The van der Waals surface area contributed by atoms with Crippen LogP contribution in [0.15, 0.2) is 72.8 Å². The van der Waals surface area contributed by atoms with Crippen molar-refractivity contribution in [1.82, 2.24) is 14.9 Å². The first-order valence-corrected chi connectivity index (χ1v) is 12.4. The van der Waals surface area contributed by atoms with Crippen LogP contribution in [-0.2, 0) is 0 Å². The quantitative estimate of drug-likeness (QED) is 0.259. The topological polar surface area (TPSA) is 49.3 Å². The van der Waals surface area contributed by atoms with Crippen LogP contribution in [-0.4, -0.2) is 48.0 Å². The van der Waals surface area contributed by atoms with Crippen molar-refractivity contribution < 1.29 is 13.6 Å². The van der Waals surface area contributed by atoms with E-state index >= 15 is 0 Å². The molecule has 0 aliphatic heterocycles. The van der Waals surface area contributed by atoms with Crippen molar-refractivity contribution in [1.29, 1.82) is 0 Å². The van der Waals surface area contributed by atoms with Crippen molar-refractivity contribution in [2.24, 2.45) is 0 Å². The largest absolute Gasteiger partial charge is 0.309 e. The van der Waals surface area contributed by atoms with E-state index in [1.165, 1.54) is 6.07 Å². The maximum Gasteiger partial charge on any atom is 0.260 e. The number of halogens is 2. The molecule has 0 radical (unpaired) electrons. The Hall–Kier alpha value is -3.75. The lowest BCUT2D eigenvalue weighted by molar-refractivity contribution is 0.0987. The van der Waals surface area contributed by atoms with E-state index in [-0.39, 0.29) is 11.4 Å². The number of carbonyl (C=O) groups is 1. The molecular weight excluding hydrogens is 478 g/mol. The smallest absolute Gasteiger partial charge is 0.260 e. The molecule has 0 N–H and O–H groups in total. The molecule has 0 fully saturated rings. The Labute approximate surface area is 211 Å². The number of fused-ring (bicyclic) bond motifs is 2. The van der Waals surface area contributed by atoms with E-state index in [1.807, 2.05) is 73.6 Å². The molecule has 0 bridgehead atoms. The summed E-state index contributed by atoms with van der Waals surface area (Å²) >= 11 is 1.11. The summed E-state index contributed by atoms with van der Waals surface area (Å²) in [5.41, 5.74) is 2.83. The van der Waals surface area contributed by atoms with Gasteiger partial charge in [-0.05, 0) is 45.3 Å². The molecule has 36 heavy (non-hydrogen) atoms. The summed E-state index contributed by atoms with van der Waals surface area (Å²) in [6, 6.07) is 21.0. The highest BCUT2D eigenvalue weighted by molar-refractivity contribution is 7.22. The van der Waals surface area contributed by atoms with Gasteiger partial charge in [0.25, 0.3) is 5.91 Å². The number of benzene rings is 3. The number of hydrogen-bond donors (Lipinski definition) is 0. The second-order valence-electron chi connectivity index (χ2n) is 8.78. The maximum atomic E-state index is 14.4. The Morgan fingerprint density at radius 3 is 2.44 bits per heavy atom. The number of carbonyl (C=O) groups excluding carboxylic acids is 1. The van der Waals surface area contributed by atoms with E-state index in [0.29, 0.717) is 39.6 Å². The SMILES string of the molecule is CN(C)CCCN(C(=O)c1cc(-c2ccccc2)nc2ccccc12)c1nc2c(F)cc(F)cc2s1. The lowest BCUT2D eigenvalue weighted by Crippen LogP contribution is -2.33. The zero-order chi connectivity index (χ0) is 25.2. The Kier molecular flexibility index (Phi) is 6.71. The van der Waals surface area contributed by atoms with Crippen molar-refractivity contribution in [3.8, 4) is 11.3 Å². The zero-order valence-electron chi connectivity index (χ0n) is 19.9. The molecule has 2 heterocycles. The minimum atomic E-state index is -0.742. The monoisotopic (exact) mass is 502 g/mol. The second kappa shape index (κ2) is 10.1. The predicted molar refractivity (Wildman–Crippen MR) is 142 cm³/mol. The number of anilines is 1. The first kappa shape index (κ1) is 24.0. The fourth-order valence-corrected chi connectivity index (χ4v) is 5.17. The molecular formula is C28H24F2N4OS. The highest BCUT2D eigenvalue weighted by Crippen LogP contribution is 2.33. The third kappa shape index (κ3) is 4.82. The fourth-order valence-electron chi connectivity index (χ4n) is 4.14. The summed E-state index contributed by atoms with van der Waals surface area (Å²) < 4.78 is 28.6. The number of para-hydroxylation sites is 1. The van der Waals surface area contributed by atoms with Crippen LogP contribution in [0.25, 0.3) is 32.4 Å². The van der Waals surface area contributed by atoms with E-state index in [9.17, 15) is 13.6 Å². The molecule has 0 aliphatic rings. The van der Waals surface area contributed by atoms with Crippen LogP contribution in [0.2, 0.25) is 0 Å². The van der Waals surface area contributed by atoms with Gasteiger partial charge < -0.3 is 4.90 Å². The molecule has 0 aliphatic carbocycles. The van der Waals surface area contributed by atoms with Crippen LogP contribution in [0.1, 0.15) is 16.8 Å². The van der Waals surface area contributed by atoms with Crippen molar-refractivity contribution in [3.05, 3.63) is 90.0 Å². The number of amides is 1. The lowest BCUT2D eigenvalue weighted by atomic mass is 10.0. The normalized spacial score (nSPS) is 11.5. The van der Waals surface area contributed by atoms with Gasteiger partial charge in [-0.25, -0.2) is 18.7 Å². The molecule has 5 rings (SSSR count). The molecule has 3 aromatic carbocycles. The highest BCUT2D eigenvalue weighted by atomic mass is 32.1. The van der Waals surface area contributed by atoms with Crippen LogP contribution < -0.4 is 4.90 Å². The zero-order valence-corrected chi connectivity index (χ0v) is 20.7. The molecule has 0 spiro atoms. The van der Waals surface area contributed by atoms with Crippen molar-refractivity contribution in [2.75, 3.05) is 32.1 Å². The first-order valence-electron chi connectivity index (χ1n) is 11.6. The minimum absolute atomic E-state index is 0.0615. The van der Waals surface area contributed by atoms with Gasteiger partial charge in [-0.1, -0.05) is 59.9 Å². The molecule has 2 aromatic heterocycles. The first-order chi connectivity index (χ1) is 17.4. The molecule has 0 saturated heterocycles. The number of thiazole rings is 1. The standard InChI is InChI=1S/C28H24F2N4OS/c1-33(2)13-8-14-34(28-32-26-22(30)15-19(29)16-25(26)36-28)27(35)21-17-24(18-9-4-3-5-10-18)31-23-12-7-6-11-20(21)23/h3-7,9-12,15-17H,8,13-14H2,1-2H3. The third-order valence-corrected chi connectivity index (χ3v) is 6.91. The third-order valence-electron chi connectivity index (χ3n) is 5.88. The van der Waals surface area contributed by atoms with Gasteiger partial charge in [-0.15, -0.1) is 0 Å². The number of rotatable bonds is 7. The van der Waals surface area contributed by atoms with Crippen LogP contribution in [0, 0.1) is 11.6 Å². The molecule has 0 atom stereocenters. The fraction of sp³-hybridized carbons (Fsp3) is 0.179.